The number of hydrogen-bond acceptors (Lipinski definition) is 5. The lowest BCUT2D eigenvalue weighted by Gasteiger charge is -2.29. The van der Waals surface area contributed by atoms with Crippen molar-refractivity contribution < 1.29 is 4.79 Å². The van der Waals surface area contributed by atoms with E-state index in [4.69, 9.17) is 5.73 Å². The number of aromatic nitrogens is 1. The maximum absolute atomic E-state index is 12.0. The molecule has 1 amide bonds. The number of thiazole rings is 1. The molecule has 0 radical (unpaired) electrons. The summed E-state index contributed by atoms with van der Waals surface area (Å²) in [6.45, 7) is 5.37. The van der Waals surface area contributed by atoms with Crippen molar-refractivity contribution in [2.75, 3.05) is 12.8 Å². The van der Waals surface area contributed by atoms with E-state index in [9.17, 15) is 4.79 Å². The third-order valence-electron chi connectivity index (χ3n) is 3.25. The molecule has 0 aliphatic heterocycles. The van der Waals surface area contributed by atoms with E-state index in [1.165, 1.54) is 11.3 Å². The summed E-state index contributed by atoms with van der Waals surface area (Å²) in [5, 5.41) is 5.53. The zero-order valence-electron chi connectivity index (χ0n) is 11.6. The number of nitrogens with zero attached hydrogens (tertiary/aromatic N) is 1. The van der Waals surface area contributed by atoms with Gasteiger partial charge >= 0.3 is 0 Å². The van der Waals surface area contributed by atoms with Crippen molar-refractivity contribution >= 4 is 41.4 Å². The van der Waals surface area contributed by atoms with Crippen LogP contribution in [0.2, 0.25) is 0 Å². The lowest BCUT2D eigenvalue weighted by Crippen LogP contribution is -2.39. The number of halogens is 1. The van der Waals surface area contributed by atoms with Gasteiger partial charge in [0.25, 0.3) is 5.91 Å². The third kappa shape index (κ3) is 4.95. The third-order valence-corrected chi connectivity index (χ3v) is 5.71. The van der Waals surface area contributed by atoms with Crippen molar-refractivity contribution in [1.29, 1.82) is 0 Å². The van der Waals surface area contributed by atoms with E-state index in [0.29, 0.717) is 18.8 Å². The van der Waals surface area contributed by atoms with Crippen molar-refractivity contribution in [1.82, 2.24) is 10.3 Å². The van der Waals surface area contributed by atoms with Gasteiger partial charge in [0.05, 0.1) is 0 Å². The number of nitrogens with one attached hydrogen (secondary N) is 1. The minimum absolute atomic E-state index is 0. The number of nitrogens with two attached hydrogens (primary N) is 1. The predicted molar refractivity (Wildman–Crippen MR) is 86.4 cm³/mol. The molecule has 7 heteroatoms. The Hall–Kier alpha value is -0.300. The first kappa shape index (κ1) is 18.7. The van der Waals surface area contributed by atoms with Gasteiger partial charge < -0.3 is 11.1 Å². The molecule has 0 saturated carbocycles. The Labute approximate surface area is 129 Å². The lowest BCUT2D eigenvalue weighted by molar-refractivity contribution is 0.0944. The first-order chi connectivity index (χ1) is 8.60. The van der Waals surface area contributed by atoms with Gasteiger partial charge in [-0.3, -0.25) is 4.79 Å². The van der Waals surface area contributed by atoms with Crippen molar-refractivity contribution in [3.05, 3.63) is 16.1 Å². The number of thioether (sulfide) groups is 1. The van der Waals surface area contributed by atoms with Gasteiger partial charge in [-0.25, -0.2) is 4.98 Å². The van der Waals surface area contributed by atoms with Crippen LogP contribution in [0.15, 0.2) is 5.38 Å². The van der Waals surface area contributed by atoms with Crippen LogP contribution in [-0.2, 0) is 6.54 Å². The van der Waals surface area contributed by atoms with E-state index in [2.05, 4.69) is 30.4 Å². The van der Waals surface area contributed by atoms with Gasteiger partial charge in [0.2, 0.25) is 0 Å². The second-order valence-corrected chi connectivity index (χ2v) is 6.32. The molecule has 1 heterocycles. The van der Waals surface area contributed by atoms with E-state index in [-0.39, 0.29) is 23.1 Å². The van der Waals surface area contributed by atoms with Gasteiger partial charge in [-0.2, -0.15) is 11.8 Å². The molecule has 0 aliphatic carbocycles. The quantitative estimate of drug-likeness (QED) is 0.809. The van der Waals surface area contributed by atoms with Crippen LogP contribution < -0.4 is 11.1 Å². The molecular formula is C12H22ClN3OS2. The highest BCUT2D eigenvalue weighted by molar-refractivity contribution is 8.00. The molecule has 1 aromatic heterocycles. The van der Waals surface area contributed by atoms with E-state index in [1.54, 1.807) is 5.38 Å². The minimum atomic E-state index is -0.105. The van der Waals surface area contributed by atoms with Gasteiger partial charge in [0.15, 0.2) is 0 Å². The molecule has 0 bridgehead atoms. The maximum atomic E-state index is 12.0. The predicted octanol–water partition coefficient (Wildman–Crippen LogP) is 2.68. The molecule has 4 nitrogen and oxygen atoms in total. The van der Waals surface area contributed by atoms with E-state index in [1.807, 2.05) is 11.8 Å². The topological polar surface area (TPSA) is 68.0 Å². The van der Waals surface area contributed by atoms with Crippen LogP contribution in [0.25, 0.3) is 0 Å². The highest BCUT2D eigenvalue weighted by atomic mass is 35.5. The van der Waals surface area contributed by atoms with Gasteiger partial charge in [0.1, 0.15) is 10.7 Å². The number of carbonyl (C=O) groups excluding carboxylic acids is 1. The Bertz CT molecular complexity index is 386. The summed E-state index contributed by atoms with van der Waals surface area (Å²) in [6, 6.07) is 0. The number of hydrogen-bond donors (Lipinski definition) is 2. The maximum Gasteiger partial charge on any atom is 0.270 e. The zero-order valence-corrected chi connectivity index (χ0v) is 14.0. The van der Waals surface area contributed by atoms with Crippen molar-refractivity contribution in [3.8, 4) is 0 Å². The summed E-state index contributed by atoms with van der Waals surface area (Å²) in [4.78, 5) is 16.1. The van der Waals surface area contributed by atoms with E-state index < -0.39 is 0 Å². The van der Waals surface area contributed by atoms with Crippen LogP contribution in [0.4, 0.5) is 0 Å². The van der Waals surface area contributed by atoms with Crippen molar-refractivity contribution in [3.63, 3.8) is 0 Å². The summed E-state index contributed by atoms with van der Waals surface area (Å²) >= 11 is 3.24. The van der Waals surface area contributed by atoms with Crippen molar-refractivity contribution in [2.24, 2.45) is 5.73 Å². The van der Waals surface area contributed by atoms with Crippen LogP contribution in [-0.4, -0.2) is 28.4 Å². The fraction of sp³-hybridized carbons (Fsp3) is 0.667. The first-order valence-corrected chi connectivity index (χ1v) is 8.19. The Morgan fingerprint density at radius 2 is 2.16 bits per heavy atom. The fourth-order valence-electron chi connectivity index (χ4n) is 1.70. The van der Waals surface area contributed by atoms with E-state index >= 15 is 0 Å². The SMILES string of the molecule is CCC(CC)(CNC(=O)c1csc(CN)n1)SC.Cl. The van der Waals surface area contributed by atoms with Gasteiger partial charge in [0, 0.05) is 23.2 Å². The zero-order chi connectivity index (χ0) is 13.6. The molecular weight excluding hydrogens is 302 g/mol. The fourth-order valence-corrected chi connectivity index (χ4v) is 3.15. The van der Waals surface area contributed by atoms with Crippen LogP contribution in [0.5, 0.6) is 0 Å². The average molecular weight is 324 g/mol. The van der Waals surface area contributed by atoms with Crippen molar-refractivity contribution in [2.45, 2.75) is 38.0 Å². The summed E-state index contributed by atoms with van der Waals surface area (Å²) in [7, 11) is 0. The number of rotatable bonds is 7. The highest BCUT2D eigenvalue weighted by Gasteiger charge is 2.25. The molecule has 0 spiro atoms. The molecule has 1 aromatic rings. The molecule has 3 N–H and O–H groups in total. The highest BCUT2D eigenvalue weighted by Crippen LogP contribution is 2.29. The van der Waals surface area contributed by atoms with E-state index in [0.717, 1.165) is 17.8 Å². The lowest BCUT2D eigenvalue weighted by atomic mass is 10.0. The molecule has 0 fully saturated rings. The summed E-state index contributed by atoms with van der Waals surface area (Å²) < 4.78 is 0.127. The number of carbonyl (C=O) groups is 1. The second-order valence-electron chi connectivity index (χ2n) is 4.11. The number of amides is 1. The van der Waals surface area contributed by atoms with Crippen LogP contribution in [0, 0.1) is 0 Å². The Balaban J connectivity index is 0.00000324. The first-order valence-electron chi connectivity index (χ1n) is 6.08. The minimum Gasteiger partial charge on any atom is -0.349 e. The smallest absolute Gasteiger partial charge is 0.270 e. The molecule has 19 heavy (non-hydrogen) atoms. The molecule has 0 aliphatic rings. The Morgan fingerprint density at radius 1 is 1.53 bits per heavy atom. The second kappa shape index (κ2) is 8.79. The van der Waals surface area contributed by atoms with Crippen LogP contribution >= 0.6 is 35.5 Å². The summed E-state index contributed by atoms with van der Waals surface area (Å²) in [5.41, 5.74) is 5.96. The Morgan fingerprint density at radius 3 is 2.58 bits per heavy atom. The van der Waals surface area contributed by atoms with Gasteiger partial charge in [-0.15, -0.1) is 23.7 Å². The summed E-state index contributed by atoms with van der Waals surface area (Å²) in [5.74, 6) is -0.105. The molecule has 0 unspecified atom stereocenters. The Kier molecular flexibility index (Phi) is 8.65. The summed E-state index contributed by atoms with van der Waals surface area (Å²) in [6.07, 6.45) is 4.17. The monoisotopic (exact) mass is 323 g/mol. The molecule has 0 aromatic carbocycles. The van der Waals surface area contributed by atoms with Gasteiger partial charge in [-0.05, 0) is 19.1 Å². The van der Waals surface area contributed by atoms with Crippen LogP contribution in [0.1, 0.15) is 42.2 Å². The average Bonchev–Trinajstić information content (AvgIpc) is 2.89. The molecule has 1 rings (SSSR count). The largest absolute Gasteiger partial charge is 0.349 e. The normalized spacial score (nSPS) is 10.9. The molecule has 0 saturated heterocycles. The van der Waals surface area contributed by atoms with Crippen LogP contribution in [0.3, 0.4) is 0 Å². The standard InChI is InChI=1S/C12H21N3OS2.ClH/c1-4-12(5-2,17-3)8-14-11(16)9-7-18-10(6-13)15-9;/h7H,4-6,8,13H2,1-3H3,(H,14,16);1H. The molecule has 110 valence electrons. The molecule has 0 atom stereocenters. The van der Waals surface area contributed by atoms with Gasteiger partial charge in [-0.1, -0.05) is 13.8 Å².